The summed E-state index contributed by atoms with van der Waals surface area (Å²) in [4.78, 5) is 2.46. The monoisotopic (exact) mass is 257 g/mol. The van der Waals surface area contributed by atoms with Crippen molar-refractivity contribution in [1.82, 2.24) is 10.2 Å². The Morgan fingerprint density at radius 1 is 1.42 bits per heavy atom. The van der Waals surface area contributed by atoms with Gasteiger partial charge in [-0.15, -0.1) is 0 Å². The second kappa shape index (κ2) is 7.28. The first-order valence-corrected chi connectivity index (χ1v) is 7.26. The maximum absolute atomic E-state index is 8.94. The molecule has 1 aliphatic rings. The van der Waals surface area contributed by atoms with Gasteiger partial charge in [0.15, 0.2) is 0 Å². The summed E-state index contributed by atoms with van der Waals surface area (Å²) in [5.41, 5.74) is 1.99. The molecule has 1 fully saturated rings. The molecule has 1 unspecified atom stereocenters. The lowest BCUT2D eigenvalue weighted by Crippen LogP contribution is -2.43. The number of benzene rings is 1. The van der Waals surface area contributed by atoms with Gasteiger partial charge < -0.3 is 5.32 Å². The van der Waals surface area contributed by atoms with E-state index >= 15 is 0 Å². The zero-order valence-electron chi connectivity index (χ0n) is 11.7. The number of likely N-dealkylation sites (N-methyl/N-ethyl adjacent to an activating group) is 1. The van der Waals surface area contributed by atoms with Gasteiger partial charge in [0.2, 0.25) is 0 Å². The predicted octanol–water partition coefficient (Wildman–Crippen LogP) is 2.52. The van der Waals surface area contributed by atoms with Crippen LogP contribution in [0.25, 0.3) is 0 Å². The van der Waals surface area contributed by atoms with Crippen LogP contribution in [0.4, 0.5) is 0 Å². The standard InChI is InChI=1S/C16H23N3/c1-2-19(13-16-8-3-4-9-18-16)12-15-7-5-6-14(10-15)11-17/h5-7,10,16,18H,2-4,8-9,12-13H2,1H3. The smallest absolute Gasteiger partial charge is 0.0991 e. The minimum atomic E-state index is 0.632. The van der Waals surface area contributed by atoms with E-state index in [1.165, 1.54) is 24.8 Å². The normalized spacial score (nSPS) is 19.3. The Bertz CT molecular complexity index is 430. The summed E-state index contributed by atoms with van der Waals surface area (Å²) >= 11 is 0. The van der Waals surface area contributed by atoms with E-state index < -0.39 is 0 Å². The van der Waals surface area contributed by atoms with E-state index in [0.717, 1.165) is 31.7 Å². The highest BCUT2D eigenvalue weighted by atomic mass is 15.1. The molecule has 1 aromatic rings. The van der Waals surface area contributed by atoms with Gasteiger partial charge in [-0.1, -0.05) is 25.5 Å². The Morgan fingerprint density at radius 3 is 3.00 bits per heavy atom. The van der Waals surface area contributed by atoms with Crippen molar-refractivity contribution in [2.45, 2.75) is 38.8 Å². The highest BCUT2D eigenvalue weighted by Gasteiger charge is 2.15. The molecule has 19 heavy (non-hydrogen) atoms. The second-order valence-electron chi connectivity index (χ2n) is 5.29. The van der Waals surface area contributed by atoms with Crippen molar-refractivity contribution in [2.75, 3.05) is 19.6 Å². The van der Waals surface area contributed by atoms with Crippen molar-refractivity contribution in [3.8, 4) is 6.07 Å². The quantitative estimate of drug-likeness (QED) is 0.881. The molecule has 1 aromatic carbocycles. The van der Waals surface area contributed by atoms with Crippen LogP contribution in [0.15, 0.2) is 24.3 Å². The summed E-state index contributed by atoms with van der Waals surface area (Å²) in [6.07, 6.45) is 3.95. The molecule has 0 aromatic heterocycles. The zero-order valence-corrected chi connectivity index (χ0v) is 11.7. The van der Waals surface area contributed by atoms with E-state index in [0.29, 0.717) is 6.04 Å². The van der Waals surface area contributed by atoms with E-state index in [1.54, 1.807) is 0 Å². The number of nitriles is 1. The number of rotatable bonds is 5. The predicted molar refractivity (Wildman–Crippen MR) is 77.7 cm³/mol. The molecule has 2 rings (SSSR count). The molecule has 3 nitrogen and oxygen atoms in total. The largest absolute Gasteiger partial charge is 0.313 e. The molecule has 1 atom stereocenters. The Balaban J connectivity index is 1.92. The first-order chi connectivity index (χ1) is 9.31. The van der Waals surface area contributed by atoms with Crippen LogP contribution in [0, 0.1) is 11.3 Å². The lowest BCUT2D eigenvalue weighted by Gasteiger charge is -2.30. The van der Waals surface area contributed by atoms with Crippen molar-refractivity contribution in [3.05, 3.63) is 35.4 Å². The van der Waals surface area contributed by atoms with Crippen LogP contribution >= 0.6 is 0 Å². The molecule has 102 valence electrons. The molecule has 0 saturated carbocycles. The molecular formula is C16H23N3. The van der Waals surface area contributed by atoms with Gasteiger partial charge in [-0.3, -0.25) is 4.90 Å². The number of hydrogen-bond donors (Lipinski definition) is 1. The minimum Gasteiger partial charge on any atom is -0.313 e. The molecule has 1 saturated heterocycles. The molecule has 0 aliphatic carbocycles. The maximum Gasteiger partial charge on any atom is 0.0991 e. The van der Waals surface area contributed by atoms with Crippen molar-refractivity contribution in [1.29, 1.82) is 5.26 Å². The summed E-state index contributed by atoms with van der Waals surface area (Å²) in [6.45, 7) is 6.45. The van der Waals surface area contributed by atoms with Gasteiger partial charge >= 0.3 is 0 Å². The number of piperidine rings is 1. The van der Waals surface area contributed by atoms with Crippen molar-refractivity contribution < 1.29 is 0 Å². The lowest BCUT2D eigenvalue weighted by molar-refractivity contribution is 0.226. The Labute approximate surface area is 116 Å². The van der Waals surface area contributed by atoms with Gasteiger partial charge in [0, 0.05) is 19.1 Å². The number of hydrogen-bond acceptors (Lipinski definition) is 3. The third-order valence-corrected chi connectivity index (χ3v) is 3.80. The fourth-order valence-electron chi connectivity index (χ4n) is 2.69. The van der Waals surface area contributed by atoms with Crippen LogP contribution in [0.3, 0.4) is 0 Å². The molecular weight excluding hydrogens is 234 g/mol. The summed E-state index contributed by atoms with van der Waals surface area (Å²) in [5, 5.41) is 12.5. The van der Waals surface area contributed by atoms with E-state index in [9.17, 15) is 0 Å². The Hall–Kier alpha value is -1.37. The highest BCUT2D eigenvalue weighted by molar-refractivity contribution is 5.32. The van der Waals surface area contributed by atoms with Gasteiger partial charge in [-0.05, 0) is 43.6 Å². The van der Waals surface area contributed by atoms with Crippen LogP contribution in [-0.2, 0) is 6.54 Å². The highest BCUT2D eigenvalue weighted by Crippen LogP contribution is 2.12. The van der Waals surface area contributed by atoms with E-state index in [-0.39, 0.29) is 0 Å². The van der Waals surface area contributed by atoms with Gasteiger partial charge in [0.05, 0.1) is 11.6 Å². The third kappa shape index (κ3) is 4.34. The van der Waals surface area contributed by atoms with Crippen molar-refractivity contribution in [3.63, 3.8) is 0 Å². The number of nitrogens with one attached hydrogen (secondary N) is 1. The van der Waals surface area contributed by atoms with E-state index in [2.05, 4.69) is 29.3 Å². The average Bonchev–Trinajstić information content (AvgIpc) is 2.48. The second-order valence-corrected chi connectivity index (χ2v) is 5.29. The Kier molecular flexibility index (Phi) is 5.38. The van der Waals surface area contributed by atoms with Crippen LogP contribution in [0.1, 0.15) is 37.3 Å². The topological polar surface area (TPSA) is 39.1 Å². The fourth-order valence-corrected chi connectivity index (χ4v) is 2.69. The third-order valence-electron chi connectivity index (χ3n) is 3.80. The molecule has 0 spiro atoms. The van der Waals surface area contributed by atoms with E-state index in [1.807, 2.05) is 18.2 Å². The maximum atomic E-state index is 8.94. The van der Waals surface area contributed by atoms with Gasteiger partial charge in [-0.2, -0.15) is 5.26 Å². The van der Waals surface area contributed by atoms with Gasteiger partial charge in [0.1, 0.15) is 0 Å². The van der Waals surface area contributed by atoms with Gasteiger partial charge in [0.25, 0.3) is 0 Å². The lowest BCUT2D eigenvalue weighted by atomic mass is 10.0. The van der Waals surface area contributed by atoms with Crippen molar-refractivity contribution in [2.24, 2.45) is 0 Å². The van der Waals surface area contributed by atoms with Gasteiger partial charge in [-0.25, -0.2) is 0 Å². The molecule has 1 heterocycles. The minimum absolute atomic E-state index is 0.632. The molecule has 3 heteroatoms. The average molecular weight is 257 g/mol. The fraction of sp³-hybridized carbons (Fsp3) is 0.562. The SMILES string of the molecule is CCN(Cc1cccc(C#N)c1)CC1CCCCN1. The van der Waals surface area contributed by atoms with Crippen LogP contribution in [0.5, 0.6) is 0 Å². The first-order valence-electron chi connectivity index (χ1n) is 7.26. The summed E-state index contributed by atoms with van der Waals surface area (Å²) < 4.78 is 0. The molecule has 1 N–H and O–H groups in total. The zero-order chi connectivity index (χ0) is 13.5. The molecule has 1 aliphatic heterocycles. The molecule has 0 bridgehead atoms. The van der Waals surface area contributed by atoms with E-state index in [4.69, 9.17) is 5.26 Å². The molecule has 0 radical (unpaired) electrons. The van der Waals surface area contributed by atoms with Crippen LogP contribution in [0.2, 0.25) is 0 Å². The summed E-state index contributed by atoms with van der Waals surface area (Å²) in [6, 6.07) is 10.8. The van der Waals surface area contributed by atoms with Crippen LogP contribution < -0.4 is 5.32 Å². The first kappa shape index (κ1) is 14.0. The molecule has 0 amide bonds. The van der Waals surface area contributed by atoms with Crippen LogP contribution in [-0.4, -0.2) is 30.6 Å². The number of nitrogens with zero attached hydrogens (tertiary/aromatic N) is 2. The summed E-state index contributed by atoms with van der Waals surface area (Å²) in [5.74, 6) is 0. The summed E-state index contributed by atoms with van der Waals surface area (Å²) in [7, 11) is 0. The Morgan fingerprint density at radius 2 is 2.32 bits per heavy atom. The van der Waals surface area contributed by atoms with Crippen molar-refractivity contribution >= 4 is 0 Å².